The summed E-state index contributed by atoms with van der Waals surface area (Å²) in [5.41, 5.74) is 11.9. The van der Waals surface area contributed by atoms with Crippen LogP contribution in [0.3, 0.4) is 0 Å². The van der Waals surface area contributed by atoms with E-state index in [9.17, 15) is 0 Å². The maximum absolute atomic E-state index is 8.58. The fraction of sp³-hybridized carbons (Fsp3) is 0.346. The number of benzene rings is 2. The monoisotopic (exact) mass is 357 g/mol. The molecule has 1 aromatic heterocycles. The molecule has 138 valence electrons. The van der Waals surface area contributed by atoms with E-state index in [1.54, 1.807) is 0 Å². The summed E-state index contributed by atoms with van der Waals surface area (Å²) in [6, 6.07) is 11.2. The minimum Gasteiger partial charge on any atom is -0.200 e. The first-order valence-electron chi connectivity index (χ1n) is 10.4. The summed E-state index contributed by atoms with van der Waals surface area (Å²) in [4.78, 5) is 0. The number of pyridine rings is 1. The fourth-order valence-corrected chi connectivity index (χ4v) is 4.61. The zero-order chi connectivity index (χ0) is 20.3. The van der Waals surface area contributed by atoms with E-state index < -0.39 is 0 Å². The lowest BCUT2D eigenvalue weighted by atomic mass is 9.88. The molecule has 1 aliphatic carbocycles. The maximum Gasteiger partial charge on any atom is 0.221 e. The van der Waals surface area contributed by atoms with Gasteiger partial charge in [-0.25, -0.2) is 4.57 Å². The van der Waals surface area contributed by atoms with E-state index in [-0.39, 0.29) is 0 Å². The predicted molar refractivity (Wildman–Crippen MR) is 116 cm³/mol. The summed E-state index contributed by atoms with van der Waals surface area (Å²) >= 11 is 0. The molecule has 0 bridgehead atoms. The molecule has 1 heterocycles. The summed E-state index contributed by atoms with van der Waals surface area (Å²) < 4.78 is 10.6. The van der Waals surface area contributed by atoms with Gasteiger partial charge in [0, 0.05) is 6.07 Å². The van der Waals surface area contributed by atoms with Crippen LogP contribution in [-0.2, 0) is 7.05 Å². The Labute approximate surface area is 164 Å². The lowest BCUT2D eigenvalue weighted by Crippen LogP contribution is -2.32. The molecule has 0 unspecified atom stereocenters. The summed E-state index contributed by atoms with van der Waals surface area (Å²) in [5.74, 6) is 0.571. The van der Waals surface area contributed by atoms with Crippen molar-refractivity contribution in [2.75, 3.05) is 0 Å². The summed E-state index contributed by atoms with van der Waals surface area (Å²) in [5, 5.41) is 2.50. The Kier molecular flexibility index (Phi) is 3.93. The molecule has 1 heteroatoms. The zero-order valence-corrected chi connectivity index (χ0v) is 17.6. The molecule has 2 aromatic carbocycles. The van der Waals surface area contributed by atoms with Gasteiger partial charge < -0.3 is 0 Å². The molecule has 0 saturated carbocycles. The van der Waals surface area contributed by atoms with Gasteiger partial charge in [0.2, 0.25) is 5.69 Å². The van der Waals surface area contributed by atoms with Crippen LogP contribution in [0.4, 0.5) is 0 Å². The predicted octanol–water partition coefficient (Wildman–Crippen LogP) is 6.22. The minimum absolute atomic E-state index is 0.560. The summed E-state index contributed by atoms with van der Waals surface area (Å²) in [7, 11) is 2.04. The Balaban J connectivity index is 2.19. The topological polar surface area (TPSA) is 3.88 Å². The van der Waals surface area contributed by atoms with Crippen LogP contribution in [0.5, 0.6) is 0 Å². The molecule has 27 heavy (non-hydrogen) atoms. The lowest BCUT2D eigenvalue weighted by molar-refractivity contribution is -0.672. The van der Waals surface area contributed by atoms with E-state index in [1.165, 1.54) is 61.0 Å². The van der Waals surface area contributed by atoms with Crippen LogP contribution in [0, 0.1) is 33.6 Å². The highest BCUT2D eigenvalue weighted by Gasteiger charge is 2.33. The molecule has 3 aromatic rings. The van der Waals surface area contributed by atoms with Crippen molar-refractivity contribution >= 4 is 21.9 Å². The number of rotatable bonds is 3. The Hall–Kier alpha value is -2.41. The van der Waals surface area contributed by atoms with Gasteiger partial charge in [-0.05, 0) is 78.8 Å². The van der Waals surface area contributed by atoms with Crippen LogP contribution in [0.15, 0.2) is 36.5 Å². The van der Waals surface area contributed by atoms with Crippen LogP contribution < -0.4 is 4.57 Å². The molecule has 1 aliphatic rings. The molecule has 1 nitrogen and oxygen atoms in total. The highest BCUT2D eigenvalue weighted by Crippen LogP contribution is 2.47. The Bertz CT molecular complexity index is 1170. The number of nitrogens with zero attached hydrogens (tertiary/aromatic N) is 1. The largest absolute Gasteiger partial charge is 0.221 e. The van der Waals surface area contributed by atoms with Gasteiger partial charge in [-0.2, -0.15) is 0 Å². The third-order valence-corrected chi connectivity index (χ3v) is 5.86. The Morgan fingerprint density at radius 2 is 1.63 bits per heavy atom. The molecule has 0 amide bonds. The quantitative estimate of drug-likeness (QED) is 0.490. The zero-order valence-electron chi connectivity index (χ0n) is 18.6. The van der Waals surface area contributed by atoms with Crippen molar-refractivity contribution in [2.45, 2.75) is 48.0 Å². The van der Waals surface area contributed by atoms with Crippen LogP contribution in [0.2, 0.25) is 0 Å². The lowest BCUT2D eigenvalue weighted by Gasteiger charge is -2.15. The van der Waals surface area contributed by atoms with Gasteiger partial charge in [0.05, 0.1) is 11.0 Å². The molecule has 0 aliphatic heterocycles. The number of aromatic nitrogens is 1. The van der Waals surface area contributed by atoms with Crippen molar-refractivity contribution < 1.29 is 5.94 Å². The van der Waals surface area contributed by atoms with E-state index in [0.717, 1.165) is 6.42 Å². The van der Waals surface area contributed by atoms with E-state index >= 15 is 0 Å². The number of hydrogen-bond donors (Lipinski definition) is 0. The Morgan fingerprint density at radius 1 is 0.963 bits per heavy atom. The molecule has 0 N–H and O–H groups in total. The van der Waals surface area contributed by atoms with Crippen LogP contribution in [-0.4, -0.2) is 0 Å². The first-order valence-corrected chi connectivity index (χ1v) is 9.95. The highest BCUT2D eigenvalue weighted by atomic mass is 14.9. The molecular formula is C26H30N+. The fourth-order valence-electron chi connectivity index (χ4n) is 4.61. The number of aryl methyl sites for hydroxylation is 3. The molecule has 0 atom stereocenters. The van der Waals surface area contributed by atoms with Crippen molar-refractivity contribution in [1.29, 1.82) is 0 Å². The molecule has 4 rings (SSSR count). The van der Waals surface area contributed by atoms with Gasteiger partial charge in [-0.15, -0.1) is 0 Å². The van der Waals surface area contributed by atoms with E-state index in [4.69, 9.17) is 1.37 Å². The van der Waals surface area contributed by atoms with Crippen molar-refractivity contribution in [3.63, 3.8) is 0 Å². The second-order valence-corrected chi connectivity index (χ2v) is 8.66. The maximum atomic E-state index is 8.58. The smallest absolute Gasteiger partial charge is 0.200 e. The molecule has 0 radical (unpaired) electrons. The van der Waals surface area contributed by atoms with Crippen LogP contribution in [0.1, 0.15) is 60.7 Å². The summed E-state index contributed by atoms with van der Waals surface area (Å²) in [6.45, 7) is 13.4. The molecule has 0 fully saturated rings. The van der Waals surface area contributed by atoms with Gasteiger partial charge in [-0.1, -0.05) is 43.7 Å². The van der Waals surface area contributed by atoms with Crippen molar-refractivity contribution in [2.24, 2.45) is 13.0 Å². The number of allylic oxidation sites excluding steroid dienone is 1. The van der Waals surface area contributed by atoms with Gasteiger partial charge in [0.1, 0.15) is 8.42 Å². The first kappa shape index (κ1) is 16.7. The average Bonchev–Trinajstić information content (AvgIpc) is 2.90. The molecular weight excluding hydrogens is 326 g/mol. The second-order valence-electron chi connectivity index (χ2n) is 8.66. The van der Waals surface area contributed by atoms with Crippen molar-refractivity contribution in [1.82, 2.24) is 0 Å². The van der Waals surface area contributed by atoms with Crippen molar-refractivity contribution in [3.8, 4) is 0 Å². The highest BCUT2D eigenvalue weighted by molar-refractivity contribution is 6.16. The van der Waals surface area contributed by atoms with E-state index in [2.05, 4.69) is 70.4 Å². The van der Waals surface area contributed by atoms with Gasteiger partial charge in [0.15, 0.2) is 6.17 Å². The first-order chi connectivity index (χ1) is 13.2. The Morgan fingerprint density at radius 3 is 2.33 bits per heavy atom. The van der Waals surface area contributed by atoms with Gasteiger partial charge >= 0.3 is 0 Å². The minimum atomic E-state index is 0.560. The van der Waals surface area contributed by atoms with Gasteiger partial charge in [-0.3, -0.25) is 0 Å². The van der Waals surface area contributed by atoms with E-state index in [0.29, 0.717) is 12.1 Å². The number of hydrogen-bond acceptors (Lipinski definition) is 0. The molecule has 0 spiro atoms. The second kappa shape index (κ2) is 6.34. The standard InChI is InChI=1S/C26H30N/c1-15(2)10-22-23-14-17(4)12-20-8-9-27(7)26(24(20)23)25(22)21-13-16(3)11-18(5)19(21)6/h8-9,11-15H,10H2,1-7H3/q+1/i9D. The van der Waals surface area contributed by atoms with Gasteiger partial charge in [0.25, 0.3) is 0 Å². The third-order valence-electron chi connectivity index (χ3n) is 5.86. The average molecular weight is 358 g/mol. The van der Waals surface area contributed by atoms with E-state index in [1.807, 2.05) is 13.1 Å². The van der Waals surface area contributed by atoms with Crippen LogP contribution >= 0.6 is 0 Å². The summed E-state index contributed by atoms with van der Waals surface area (Å²) in [6.07, 6.45) is 1.60. The normalized spacial score (nSPS) is 13.9. The third kappa shape index (κ3) is 2.81. The molecule has 0 saturated heterocycles. The van der Waals surface area contributed by atoms with Crippen molar-refractivity contribution in [3.05, 3.63) is 75.6 Å². The van der Waals surface area contributed by atoms with Crippen LogP contribution in [0.25, 0.3) is 21.9 Å². The SMILES string of the molecule is [2H]c1cc2cc(C)cc3c2c([n+]1C)C(c1cc(C)cc(C)c1C)=C3CC(C)C.